The lowest BCUT2D eigenvalue weighted by Gasteiger charge is -1.90. The van der Waals surface area contributed by atoms with Crippen LogP contribution in [0.5, 0.6) is 0 Å². The first-order chi connectivity index (χ1) is 6.31. The Labute approximate surface area is 84.1 Å². The van der Waals surface area contributed by atoms with Crippen LogP contribution in [0.1, 0.15) is 40.5 Å². The van der Waals surface area contributed by atoms with Crippen molar-refractivity contribution in [2.45, 2.75) is 46.6 Å². The van der Waals surface area contributed by atoms with Gasteiger partial charge in [0.2, 0.25) is 0 Å². The molecule has 0 spiro atoms. The van der Waals surface area contributed by atoms with Crippen LogP contribution in [0.4, 0.5) is 0 Å². The number of β-amino-alcohol motifs (C(OH)–C–C–N with tert-alkyl or cyclic N) is 1. The lowest BCUT2D eigenvalue weighted by Crippen LogP contribution is -2.11. The normalized spacial score (nSPS) is 18.1. The first-order valence-corrected chi connectivity index (χ1v) is 5.20. The van der Waals surface area contributed by atoms with Crippen LogP contribution in [-0.2, 0) is 0 Å². The molecule has 1 fully saturated rings. The van der Waals surface area contributed by atoms with Crippen LogP contribution >= 0.6 is 0 Å². The standard InChI is InChI=1S/C4H9NO.C3H8.C2H6.C2H4/c6-4-1-2-5-3-4;1-3-2;2*1-2/h4-6H,1-3H2;3H2,1-2H3;1-2H3;1-2H2. The molecule has 0 aromatic heterocycles. The number of hydrogen-bond donors (Lipinski definition) is 2. The summed E-state index contributed by atoms with van der Waals surface area (Å²) in [5.74, 6) is 0. The molecule has 0 amide bonds. The summed E-state index contributed by atoms with van der Waals surface area (Å²) < 4.78 is 0. The molecular formula is C11H27NO. The molecule has 0 aromatic carbocycles. The number of hydrogen-bond acceptors (Lipinski definition) is 2. The fraction of sp³-hybridized carbons (Fsp3) is 0.818. The van der Waals surface area contributed by atoms with Gasteiger partial charge in [0.05, 0.1) is 6.10 Å². The van der Waals surface area contributed by atoms with E-state index in [1.165, 1.54) is 6.42 Å². The third-order valence-corrected chi connectivity index (χ3v) is 1.03. The summed E-state index contributed by atoms with van der Waals surface area (Å²) in [4.78, 5) is 0. The lowest BCUT2D eigenvalue weighted by molar-refractivity contribution is 0.196. The highest BCUT2D eigenvalue weighted by Gasteiger charge is 2.08. The van der Waals surface area contributed by atoms with Crippen LogP contribution in [0.25, 0.3) is 0 Å². The van der Waals surface area contributed by atoms with E-state index in [1.807, 2.05) is 13.8 Å². The molecule has 13 heavy (non-hydrogen) atoms. The van der Waals surface area contributed by atoms with Gasteiger partial charge in [-0.15, -0.1) is 13.2 Å². The van der Waals surface area contributed by atoms with E-state index in [4.69, 9.17) is 5.11 Å². The highest BCUT2D eigenvalue weighted by molar-refractivity contribution is 4.67. The SMILES string of the molecule is C=C.CC.CCC.OC1CCNC1. The first-order valence-electron chi connectivity index (χ1n) is 5.20. The minimum atomic E-state index is -0.0648. The molecule has 1 aliphatic rings. The molecule has 1 rings (SSSR count). The van der Waals surface area contributed by atoms with Crippen molar-refractivity contribution in [2.75, 3.05) is 13.1 Å². The quantitative estimate of drug-likeness (QED) is 0.574. The number of aliphatic hydroxyl groups excluding tert-OH is 1. The molecule has 2 N–H and O–H groups in total. The van der Waals surface area contributed by atoms with Crippen molar-refractivity contribution in [3.8, 4) is 0 Å². The van der Waals surface area contributed by atoms with Crippen LogP contribution < -0.4 is 5.32 Å². The second-order valence-corrected chi connectivity index (χ2v) is 2.35. The predicted molar refractivity (Wildman–Crippen MR) is 62.1 cm³/mol. The third-order valence-electron chi connectivity index (χ3n) is 1.03. The van der Waals surface area contributed by atoms with Gasteiger partial charge in [0.1, 0.15) is 0 Å². The van der Waals surface area contributed by atoms with Crippen molar-refractivity contribution in [3.63, 3.8) is 0 Å². The van der Waals surface area contributed by atoms with Gasteiger partial charge in [-0.25, -0.2) is 0 Å². The van der Waals surface area contributed by atoms with E-state index >= 15 is 0 Å². The Balaban J connectivity index is -0.000000124. The number of rotatable bonds is 0. The third kappa shape index (κ3) is 24.5. The summed E-state index contributed by atoms with van der Waals surface area (Å²) in [6, 6.07) is 0. The Kier molecular flexibility index (Phi) is 32.0. The molecule has 82 valence electrons. The van der Waals surface area contributed by atoms with Gasteiger partial charge in [0.15, 0.2) is 0 Å². The highest BCUT2D eigenvalue weighted by Crippen LogP contribution is 1.93. The van der Waals surface area contributed by atoms with E-state index in [-0.39, 0.29) is 6.10 Å². The average Bonchev–Trinajstić information content (AvgIpc) is 2.64. The van der Waals surface area contributed by atoms with Gasteiger partial charge >= 0.3 is 0 Å². The highest BCUT2D eigenvalue weighted by atomic mass is 16.3. The summed E-state index contributed by atoms with van der Waals surface area (Å²) in [5.41, 5.74) is 0. The van der Waals surface area contributed by atoms with E-state index < -0.39 is 0 Å². The molecule has 1 unspecified atom stereocenters. The van der Waals surface area contributed by atoms with Crippen molar-refractivity contribution in [3.05, 3.63) is 13.2 Å². The number of aliphatic hydroxyl groups is 1. The van der Waals surface area contributed by atoms with Gasteiger partial charge < -0.3 is 10.4 Å². The van der Waals surface area contributed by atoms with E-state index in [0.717, 1.165) is 19.5 Å². The Hall–Kier alpha value is -0.340. The van der Waals surface area contributed by atoms with Crippen LogP contribution in [0.3, 0.4) is 0 Å². The van der Waals surface area contributed by atoms with Crippen LogP contribution in [-0.4, -0.2) is 24.3 Å². The van der Waals surface area contributed by atoms with Crippen molar-refractivity contribution in [2.24, 2.45) is 0 Å². The molecule has 1 heterocycles. The molecule has 1 atom stereocenters. The van der Waals surface area contributed by atoms with Gasteiger partial charge in [-0.1, -0.05) is 34.1 Å². The van der Waals surface area contributed by atoms with E-state index in [1.54, 1.807) is 0 Å². The zero-order chi connectivity index (χ0) is 11.1. The van der Waals surface area contributed by atoms with Gasteiger partial charge in [0, 0.05) is 6.54 Å². The van der Waals surface area contributed by atoms with Gasteiger partial charge in [-0.3, -0.25) is 0 Å². The summed E-state index contributed by atoms with van der Waals surface area (Å²) >= 11 is 0. The first kappa shape index (κ1) is 18.4. The summed E-state index contributed by atoms with van der Waals surface area (Å²) in [6.45, 7) is 16.0. The van der Waals surface area contributed by atoms with Gasteiger partial charge in [0.25, 0.3) is 0 Å². The maximum absolute atomic E-state index is 8.67. The zero-order valence-corrected chi connectivity index (χ0v) is 9.77. The maximum Gasteiger partial charge on any atom is 0.0676 e. The van der Waals surface area contributed by atoms with E-state index in [2.05, 4.69) is 32.3 Å². The molecule has 0 aromatic rings. The molecule has 0 aliphatic carbocycles. The van der Waals surface area contributed by atoms with E-state index in [0.29, 0.717) is 0 Å². The Morgan fingerprint density at radius 1 is 1.31 bits per heavy atom. The molecule has 0 bridgehead atoms. The van der Waals surface area contributed by atoms with Crippen molar-refractivity contribution >= 4 is 0 Å². The lowest BCUT2D eigenvalue weighted by atomic mass is 10.3. The van der Waals surface area contributed by atoms with Crippen molar-refractivity contribution < 1.29 is 5.11 Å². The number of nitrogens with one attached hydrogen (secondary N) is 1. The van der Waals surface area contributed by atoms with Crippen molar-refractivity contribution in [1.29, 1.82) is 0 Å². The molecule has 2 heteroatoms. The van der Waals surface area contributed by atoms with Gasteiger partial charge in [-0.05, 0) is 13.0 Å². The van der Waals surface area contributed by atoms with Crippen LogP contribution in [0, 0.1) is 0 Å². The maximum atomic E-state index is 8.67. The minimum Gasteiger partial charge on any atom is -0.392 e. The largest absolute Gasteiger partial charge is 0.392 e. The Morgan fingerprint density at radius 2 is 1.69 bits per heavy atom. The summed E-state index contributed by atoms with van der Waals surface area (Å²) in [5, 5.41) is 11.7. The Bertz CT molecular complexity index is 61.1. The predicted octanol–water partition coefficient (Wildman–Crippen LogP) is 2.59. The molecule has 0 radical (unpaired) electrons. The topological polar surface area (TPSA) is 32.3 Å². The second-order valence-electron chi connectivity index (χ2n) is 2.35. The smallest absolute Gasteiger partial charge is 0.0676 e. The van der Waals surface area contributed by atoms with Crippen LogP contribution in [0.2, 0.25) is 0 Å². The van der Waals surface area contributed by atoms with Crippen molar-refractivity contribution in [1.82, 2.24) is 5.32 Å². The Morgan fingerprint density at radius 3 is 1.77 bits per heavy atom. The monoisotopic (exact) mass is 189 g/mol. The van der Waals surface area contributed by atoms with Gasteiger partial charge in [-0.2, -0.15) is 0 Å². The fourth-order valence-electron chi connectivity index (χ4n) is 0.639. The molecule has 1 aliphatic heterocycles. The molecular weight excluding hydrogens is 162 g/mol. The molecule has 2 nitrogen and oxygen atoms in total. The van der Waals surface area contributed by atoms with E-state index in [9.17, 15) is 0 Å². The molecule has 1 saturated heterocycles. The molecule has 0 saturated carbocycles. The summed E-state index contributed by atoms with van der Waals surface area (Å²) in [6.07, 6.45) is 2.12. The second kappa shape index (κ2) is 22.6. The summed E-state index contributed by atoms with van der Waals surface area (Å²) in [7, 11) is 0. The average molecular weight is 189 g/mol. The van der Waals surface area contributed by atoms with Crippen LogP contribution in [0.15, 0.2) is 13.2 Å². The fourth-order valence-corrected chi connectivity index (χ4v) is 0.639. The zero-order valence-electron chi connectivity index (χ0n) is 9.77. The minimum absolute atomic E-state index is 0.0648.